The summed E-state index contributed by atoms with van der Waals surface area (Å²) in [5, 5.41) is 19.9. The van der Waals surface area contributed by atoms with Gasteiger partial charge < -0.3 is 10.1 Å². The van der Waals surface area contributed by atoms with Gasteiger partial charge in [-0.05, 0) is 19.1 Å². The van der Waals surface area contributed by atoms with Gasteiger partial charge in [-0.3, -0.25) is 10.1 Å². The molecule has 0 radical (unpaired) electrons. The van der Waals surface area contributed by atoms with Crippen LogP contribution < -0.4 is 0 Å². The Hall–Kier alpha value is -2.11. The second-order valence-electron chi connectivity index (χ2n) is 2.91. The van der Waals surface area contributed by atoms with E-state index in [1.54, 1.807) is 13.0 Å². The fraction of sp³-hybridized carbons (Fsp3) is 0.125. The highest BCUT2D eigenvalue weighted by Crippen LogP contribution is 2.32. The smallest absolute Gasteiger partial charge is 0.338 e. The van der Waals surface area contributed by atoms with E-state index in [9.17, 15) is 15.2 Å². The number of benzene rings is 1. The number of aromatic amines is 1. The van der Waals surface area contributed by atoms with Crippen LogP contribution in [0.1, 0.15) is 5.82 Å². The number of nitrogens with zero attached hydrogens (tertiary/aromatic N) is 2. The number of nitro benzene ring substituents is 1. The molecule has 0 spiro atoms. The molecule has 0 unspecified atom stereocenters. The normalized spacial score (nSPS) is 10.6. The number of imidazole rings is 1. The van der Waals surface area contributed by atoms with E-state index < -0.39 is 4.92 Å². The van der Waals surface area contributed by atoms with E-state index in [0.29, 0.717) is 11.3 Å². The molecule has 0 amide bonds. The zero-order valence-corrected chi connectivity index (χ0v) is 7.31. The minimum Gasteiger partial charge on any atom is -0.502 e. The second-order valence-corrected chi connectivity index (χ2v) is 2.91. The fourth-order valence-electron chi connectivity index (χ4n) is 1.35. The maximum atomic E-state index is 10.6. The summed E-state index contributed by atoms with van der Waals surface area (Å²) in [5.74, 6) is 0.211. The highest BCUT2D eigenvalue weighted by Gasteiger charge is 2.20. The van der Waals surface area contributed by atoms with Crippen LogP contribution >= 0.6 is 0 Å². The van der Waals surface area contributed by atoms with E-state index in [1.807, 2.05) is 0 Å². The lowest BCUT2D eigenvalue weighted by Crippen LogP contribution is -1.90. The Kier molecular flexibility index (Phi) is 1.63. The summed E-state index contributed by atoms with van der Waals surface area (Å²) >= 11 is 0. The maximum absolute atomic E-state index is 10.6. The van der Waals surface area contributed by atoms with Crippen LogP contribution in [0.3, 0.4) is 0 Å². The summed E-state index contributed by atoms with van der Waals surface area (Å²) in [5.41, 5.74) is 0.381. The number of aromatic hydroxyl groups is 1. The van der Waals surface area contributed by atoms with E-state index in [0.717, 1.165) is 0 Å². The Morgan fingerprint density at radius 2 is 2.29 bits per heavy atom. The number of nitrogens with one attached hydrogen (secondary N) is 1. The van der Waals surface area contributed by atoms with Crippen LogP contribution in [0, 0.1) is 17.0 Å². The fourth-order valence-corrected chi connectivity index (χ4v) is 1.35. The molecule has 0 aliphatic heterocycles. The lowest BCUT2D eigenvalue weighted by molar-refractivity contribution is -0.384. The molecule has 2 N–H and O–H groups in total. The van der Waals surface area contributed by atoms with Crippen molar-refractivity contribution in [2.75, 3.05) is 0 Å². The summed E-state index contributed by atoms with van der Waals surface area (Å²) in [6.07, 6.45) is 0. The Bertz CT molecular complexity index is 518. The van der Waals surface area contributed by atoms with Crippen molar-refractivity contribution in [1.29, 1.82) is 0 Å². The van der Waals surface area contributed by atoms with Gasteiger partial charge in [0.15, 0.2) is 11.3 Å². The van der Waals surface area contributed by atoms with Crippen LogP contribution in [0.4, 0.5) is 5.69 Å². The third kappa shape index (κ3) is 1.08. The summed E-state index contributed by atoms with van der Waals surface area (Å²) in [6.45, 7) is 1.70. The minimum absolute atomic E-state index is 0.188. The van der Waals surface area contributed by atoms with Gasteiger partial charge in [-0.25, -0.2) is 4.98 Å². The Morgan fingerprint density at radius 1 is 1.57 bits per heavy atom. The van der Waals surface area contributed by atoms with E-state index in [1.165, 1.54) is 6.07 Å². The van der Waals surface area contributed by atoms with E-state index in [2.05, 4.69) is 9.97 Å². The second kappa shape index (κ2) is 2.69. The van der Waals surface area contributed by atoms with E-state index >= 15 is 0 Å². The van der Waals surface area contributed by atoms with Gasteiger partial charge in [0.2, 0.25) is 0 Å². The number of nitro groups is 1. The van der Waals surface area contributed by atoms with Crippen molar-refractivity contribution >= 4 is 16.7 Å². The highest BCUT2D eigenvalue weighted by molar-refractivity contribution is 5.87. The van der Waals surface area contributed by atoms with Crippen molar-refractivity contribution in [2.24, 2.45) is 0 Å². The van der Waals surface area contributed by atoms with Gasteiger partial charge in [0.05, 0.1) is 10.4 Å². The average Bonchev–Trinajstić information content (AvgIpc) is 2.43. The maximum Gasteiger partial charge on any atom is 0.338 e. The zero-order valence-electron chi connectivity index (χ0n) is 7.31. The van der Waals surface area contributed by atoms with Crippen LogP contribution in [0.15, 0.2) is 12.1 Å². The number of H-pyrrole nitrogens is 1. The van der Waals surface area contributed by atoms with Gasteiger partial charge in [0.1, 0.15) is 5.82 Å². The first-order valence-corrected chi connectivity index (χ1v) is 3.92. The number of phenolic OH excluding ortho intramolecular Hbond substituents is 1. The number of fused-ring (bicyclic) bond motifs is 1. The molecule has 6 heteroatoms. The minimum atomic E-state index is -0.641. The number of rotatable bonds is 1. The molecule has 1 heterocycles. The van der Waals surface area contributed by atoms with Crippen LogP contribution in [-0.4, -0.2) is 20.0 Å². The number of hydrogen-bond donors (Lipinski definition) is 2. The quantitative estimate of drug-likeness (QED) is 0.530. The van der Waals surface area contributed by atoms with Crippen LogP contribution in [0.25, 0.3) is 11.0 Å². The van der Waals surface area contributed by atoms with Crippen molar-refractivity contribution < 1.29 is 10.0 Å². The number of aromatic nitrogens is 2. The molecule has 1 aromatic carbocycles. The van der Waals surface area contributed by atoms with Crippen molar-refractivity contribution in [3.8, 4) is 5.75 Å². The third-order valence-corrected chi connectivity index (χ3v) is 1.91. The summed E-state index contributed by atoms with van der Waals surface area (Å²) in [6, 6.07) is 2.83. The lowest BCUT2D eigenvalue weighted by Gasteiger charge is -1.95. The number of hydrogen-bond acceptors (Lipinski definition) is 4. The standard InChI is InChI=1S/C8H7N3O3/c1-4-9-5-2-3-6(12)8(11(13)14)7(5)10-4/h2-3,12H,1H3,(H,9,10). The van der Waals surface area contributed by atoms with Gasteiger partial charge in [0, 0.05) is 0 Å². The molecule has 0 aliphatic carbocycles. The molecule has 0 saturated heterocycles. The molecule has 1 aromatic heterocycles. The Balaban J connectivity index is 2.88. The van der Waals surface area contributed by atoms with Gasteiger partial charge in [0.25, 0.3) is 0 Å². The SMILES string of the molecule is Cc1nc2c([N+](=O)[O-])c(O)ccc2[nH]1. The molecule has 0 atom stereocenters. The lowest BCUT2D eigenvalue weighted by atomic mass is 10.2. The van der Waals surface area contributed by atoms with Gasteiger partial charge >= 0.3 is 5.69 Å². The van der Waals surface area contributed by atoms with E-state index in [-0.39, 0.29) is 17.0 Å². The molecule has 0 aliphatic rings. The first-order valence-electron chi connectivity index (χ1n) is 3.92. The predicted octanol–water partition coefficient (Wildman–Crippen LogP) is 1.49. The Labute approximate surface area is 78.4 Å². The van der Waals surface area contributed by atoms with Crippen molar-refractivity contribution in [1.82, 2.24) is 9.97 Å². The highest BCUT2D eigenvalue weighted by atomic mass is 16.6. The van der Waals surface area contributed by atoms with Crippen molar-refractivity contribution in [3.05, 3.63) is 28.1 Å². The molecule has 0 fully saturated rings. The summed E-state index contributed by atoms with van der Waals surface area (Å²) in [7, 11) is 0. The number of aryl methyl sites for hydroxylation is 1. The third-order valence-electron chi connectivity index (χ3n) is 1.91. The molecule has 14 heavy (non-hydrogen) atoms. The van der Waals surface area contributed by atoms with Gasteiger partial charge in [-0.1, -0.05) is 0 Å². The molecule has 72 valence electrons. The molecule has 6 nitrogen and oxygen atoms in total. The van der Waals surface area contributed by atoms with Crippen molar-refractivity contribution in [2.45, 2.75) is 6.92 Å². The zero-order chi connectivity index (χ0) is 10.3. The van der Waals surface area contributed by atoms with Crippen LogP contribution in [-0.2, 0) is 0 Å². The van der Waals surface area contributed by atoms with E-state index in [4.69, 9.17) is 0 Å². The number of phenols is 1. The monoisotopic (exact) mass is 193 g/mol. The van der Waals surface area contributed by atoms with Gasteiger partial charge in [-0.15, -0.1) is 0 Å². The molecule has 2 rings (SSSR count). The molecule has 0 saturated carbocycles. The largest absolute Gasteiger partial charge is 0.502 e. The molecular formula is C8H7N3O3. The first kappa shape index (κ1) is 8.49. The molecular weight excluding hydrogens is 186 g/mol. The summed E-state index contributed by atoms with van der Waals surface area (Å²) < 4.78 is 0. The Morgan fingerprint density at radius 3 is 2.93 bits per heavy atom. The summed E-state index contributed by atoms with van der Waals surface area (Å²) in [4.78, 5) is 16.8. The molecule has 2 aromatic rings. The predicted molar refractivity (Wildman–Crippen MR) is 49.1 cm³/mol. The van der Waals surface area contributed by atoms with Gasteiger partial charge in [-0.2, -0.15) is 0 Å². The van der Waals surface area contributed by atoms with Crippen LogP contribution in [0.5, 0.6) is 5.75 Å². The average molecular weight is 193 g/mol. The van der Waals surface area contributed by atoms with Crippen LogP contribution in [0.2, 0.25) is 0 Å². The first-order chi connectivity index (χ1) is 6.59. The topological polar surface area (TPSA) is 92.1 Å². The molecule has 0 bridgehead atoms. The van der Waals surface area contributed by atoms with Crippen molar-refractivity contribution in [3.63, 3.8) is 0 Å².